The second-order valence-corrected chi connectivity index (χ2v) is 3.66. The smallest absolute Gasteiger partial charge is 0.234 e. The van der Waals surface area contributed by atoms with Crippen molar-refractivity contribution < 1.29 is 4.79 Å². The maximum Gasteiger partial charge on any atom is 0.234 e. The predicted octanol–water partition coefficient (Wildman–Crippen LogP) is 0.824. The van der Waals surface area contributed by atoms with Crippen molar-refractivity contribution in [2.75, 3.05) is 18.2 Å². The van der Waals surface area contributed by atoms with E-state index in [2.05, 4.69) is 5.43 Å². The third-order valence-corrected chi connectivity index (χ3v) is 2.48. The maximum atomic E-state index is 11.0. The number of nitrogens with one attached hydrogen (secondary N) is 1. The summed E-state index contributed by atoms with van der Waals surface area (Å²) < 4.78 is 0. The van der Waals surface area contributed by atoms with E-state index in [1.54, 1.807) is 0 Å². The molecule has 4 heteroatoms. The van der Waals surface area contributed by atoms with E-state index in [-0.39, 0.29) is 5.91 Å². The molecule has 0 aromatic rings. The van der Waals surface area contributed by atoms with E-state index in [1.165, 1.54) is 0 Å². The van der Waals surface area contributed by atoms with Gasteiger partial charge in [-0.05, 0) is 6.42 Å². The Morgan fingerprint density at radius 2 is 2.55 bits per heavy atom. The summed E-state index contributed by atoms with van der Waals surface area (Å²) in [5.74, 6) is 2.22. The average molecular weight is 174 g/mol. The summed E-state index contributed by atoms with van der Waals surface area (Å²) in [6.07, 6.45) is 1.56. The zero-order chi connectivity index (χ0) is 8.10. The Labute approximate surface area is 71.5 Å². The molecule has 0 aromatic heterocycles. The van der Waals surface area contributed by atoms with Crippen LogP contribution < -0.4 is 5.43 Å². The Morgan fingerprint density at radius 3 is 3.09 bits per heavy atom. The Balaban J connectivity index is 2.13. The first-order chi connectivity index (χ1) is 5.33. The first-order valence-corrected chi connectivity index (χ1v) is 5.10. The standard InChI is InChI=1S/C7H14N2OS/c1-2-3-7(10)8-9-4-5-11-6-9/h2-6H2,1H3,(H,8,10). The molecule has 1 rings (SSSR count). The second-order valence-electron chi connectivity index (χ2n) is 2.59. The molecule has 1 saturated heterocycles. The summed E-state index contributed by atoms with van der Waals surface area (Å²) in [7, 11) is 0. The Hall–Kier alpha value is -0.220. The van der Waals surface area contributed by atoms with Crippen LogP contribution in [0.4, 0.5) is 0 Å². The maximum absolute atomic E-state index is 11.0. The molecule has 1 aliphatic rings. The Kier molecular flexibility index (Phi) is 3.72. The van der Waals surface area contributed by atoms with Gasteiger partial charge in [-0.25, -0.2) is 5.01 Å². The molecule has 1 aliphatic heterocycles. The number of carbonyl (C=O) groups is 1. The molecule has 3 nitrogen and oxygen atoms in total. The minimum Gasteiger partial charge on any atom is -0.288 e. The fraction of sp³-hybridized carbons (Fsp3) is 0.857. The van der Waals surface area contributed by atoms with Crippen LogP contribution in [0.15, 0.2) is 0 Å². The summed E-state index contributed by atoms with van der Waals surface area (Å²) in [6, 6.07) is 0. The number of rotatable bonds is 3. The van der Waals surface area contributed by atoms with Crippen LogP contribution in [0.3, 0.4) is 0 Å². The first-order valence-electron chi connectivity index (χ1n) is 3.95. The van der Waals surface area contributed by atoms with E-state index in [0.29, 0.717) is 6.42 Å². The lowest BCUT2D eigenvalue weighted by molar-refractivity contribution is -0.125. The van der Waals surface area contributed by atoms with Gasteiger partial charge in [0, 0.05) is 18.7 Å². The first kappa shape index (κ1) is 8.87. The number of hydrogen-bond acceptors (Lipinski definition) is 3. The number of carbonyl (C=O) groups excluding carboxylic acids is 1. The van der Waals surface area contributed by atoms with Gasteiger partial charge in [-0.15, -0.1) is 11.8 Å². The molecule has 0 aliphatic carbocycles. The zero-order valence-electron chi connectivity index (χ0n) is 6.80. The molecule has 64 valence electrons. The molecule has 0 saturated carbocycles. The highest BCUT2D eigenvalue weighted by atomic mass is 32.2. The van der Waals surface area contributed by atoms with E-state index >= 15 is 0 Å². The molecule has 0 unspecified atom stereocenters. The number of thioether (sulfide) groups is 1. The molecule has 1 amide bonds. The van der Waals surface area contributed by atoms with Crippen molar-refractivity contribution in [1.29, 1.82) is 0 Å². The highest BCUT2D eigenvalue weighted by molar-refractivity contribution is 7.99. The average Bonchev–Trinajstić information content (AvgIpc) is 2.40. The molecule has 0 aromatic carbocycles. The Morgan fingerprint density at radius 1 is 1.73 bits per heavy atom. The number of amides is 1. The van der Waals surface area contributed by atoms with Crippen LogP contribution in [-0.2, 0) is 4.79 Å². The number of nitrogens with zero attached hydrogens (tertiary/aromatic N) is 1. The highest BCUT2D eigenvalue weighted by Gasteiger charge is 2.13. The van der Waals surface area contributed by atoms with E-state index in [0.717, 1.165) is 24.6 Å². The van der Waals surface area contributed by atoms with Gasteiger partial charge in [-0.3, -0.25) is 10.2 Å². The number of hydrogen-bond donors (Lipinski definition) is 1. The molecule has 0 atom stereocenters. The van der Waals surface area contributed by atoms with Crippen LogP contribution in [-0.4, -0.2) is 29.1 Å². The summed E-state index contributed by atoms with van der Waals surface area (Å²) in [5, 5.41) is 1.97. The van der Waals surface area contributed by atoms with Crippen molar-refractivity contribution in [3.8, 4) is 0 Å². The molecule has 1 fully saturated rings. The normalized spacial score (nSPS) is 18.6. The third-order valence-electron chi connectivity index (χ3n) is 1.51. The van der Waals surface area contributed by atoms with Crippen molar-refractivity contribution >= 4 is 17.7 Å². The van der Waals surface area contributed by atoms with Crippen LogP contribution >= 0.6 is 11.8 Å². The van der Waals surface area contributed by atoms with Gasteiger partial charge >= 0.3 is 0 Å². The van der Waals surface area contributed by atoms with Gasteiger partial charge in [0.05, 0.1) is 5.88 Å². The molecule has 1 N–H and O–H groups in total. The largest absolute Gasteiger partial charge is 0.288 e. The SMILES string of the molecule is CCCC(=O)NN1CCSC1. The fourth-order valence-corrected chi connectivity index (χ4v) is 1.85. The van der Waals surface area contributed by atoms with Crippen molar-refractivity contribution in [3.63, 3.8) is 0 Å². The molecular weight excluding hydrogens is 160 g/mol. The molecule has 11 heavy (non-hydrogen) atoms. The van der Waals surface area contributed by atoms with Crippen molar-refractivity contribution in [2.45, 2.75) is 19.8 Å². The van der Waals surface area contributed by atoms with Gasteiger partial charge in [0.1, 0.15) is 0 Å². The van der Waals surface area contributed by atoms with Crippen LogP contribution in [0.25, 0.3) is 0 Å². The van der Waals surface area contributed by atoms with E-state index < -0.39 is 0 Å². The lowest BCUT2D eigenvalue weighted by Gasteiger charge is -2.14. The summed E-state index contributed by atoms with van der Waals surface area (Å²) in [6.45, 7) is 3.00. The third kappa shape index (κ3) is 3.12. The van der Waals surface area contributed by atoms with Gasteiger partial charge in [0.15, 0.2) is 0 Å². The lowest BCUT2D eigenvalue weighted by Crippen LogP contribution is -2.39. The van der Waals surface area contributed by atoms with Gasteiger partial charge in [-0.1, -0.05) is 6.92 Å². The summed E-state index contributed by atoms with van der Waals surface area (Å²) in [4.78, 5) is 11.0. The molecule has 0 radical (unpaired) electrons. The van der Waals surface area contributed by atoms with Crippen LogP contribution in [0.5, 0.6) is 0 Å². The van der Waals surface area contributed by atoms with Crippen LogP contribution in [0.2, 0.25) is 0 Å². The Bertz CT molecular complexity index is 134. The van der Waals surface area contributed by atoms with Crippen molar-refractivity contribution in [3.05, 3.63) is 0 Å². The molecule has 0 spiro atoms. The van der Waals surface area contributed by atoms with Crippen molar-refractivity contribution in [2.24, 2.45) is 0 Å². The minimum absolute atomic E-state index is 0.148. The van der Waals surface area contributed by atoms with Gasteiger partial charge < -0.3 is 0 Å². The van der Waals surface area contributed by atoms with E-state index in [1.807, 2.05) is 23.7 Å². The second kappa shape index (κ2) is 4.62. The summed E-state index contributed by atoms with van der Waals surface area (Å²) in [5.41, 5.74) is 2.85. The topological polar surface area (TPSA) is 32.3 Å². The molecule has 1 heterocycles. The van der Waals surface area contributed by atoms with Gasteiger partial charge in [0.2, 0.25) is 5.91 Å². The van der Waals surface area contributed by atoms with Gasteiger partial charge in [0.25, 0.3) is 0 Å². The van der Waals surface area contributed by atoms with E-state index in [9.17, 15) is 4.79 Å². The molecule has 0 bridgehead atoms. The fourth-order valence-electron chi connectivity index (χ4n) is 0.962. The van der Waals surface area contributed by atoms with Crippen LogP contribution in [0, 0.1) is 0 Å². The summed E-state index contributed by atoms with van der Waals surface area (Å²) >= 11 is 1.85. The quantitative estimate of drug-likeness (QED) is 0.687. The highest BCUT2D eigenvalue weighted by Crippen LogP contribution is 2.10. The predicted molar refractivity (Wildman–Crippen MR) is 47.1 cm³/mol. The minimum atomic E-state index is 0.148. The zero-order valence-corrected chi connectivity index (χ0v) is 7.62. The van der Waals surface area contributed by atoms with Gasteiger partial charge in [-0.2, -0.15) is 0 Å². The number of hydrazine groups is 1. The van der Waals surface area contributed by atoms with E-state index in [4.69, 9.17) is 0 Å². The lowest BCUT2D eigenvalue weighted by atomic mass is 10.3. The van der Waals surface area contributed by atoms with Crippen molar-refractivity contribution in [1.82, 2.24) is 10.4 Å². The monoisotopic (exact) mass is 174 g/mol. The molecular formula is C7H14N2OS. The van der Waals surface area contributed by atoms with Crippen LogP contribution in [0.1, 0.15) is 19.8 Å².